The fourth-order valence-corrected chi connectivity index (χ4v) is 3.10. The third-order valence-corrected chi connectivity index (χ3v) is 4.79. The van der Waals surface area contributed by atoms with Crippen LogP contribution in [0.15, 0.2) is 47.3 Å². The topological polar surface area (TPSA) is 50.5 Å². The van der Waals surface area contributed by atoms with Crippen LogP contribution in [0.5, 0.6) is 0 Å². The molecule has 3 aromatic rings. The Labute approximate surface area is 154 Å². The molecule has 9 heteroatoms. The van der Waals surface area contributed by atoms with Crippen molar-refractivity contribution >= 4 is 33.2 Å². The van der Waals surface area contributed by atoms with E-state index in [2.05, 4.69) is 26.0 Å². The van der Waals surface area contributed by atoms with Crippen LogP contribution in [0.25, 0.3) is 5.52 Å². The van der Waals surface area contributed by atoms with E-state index in [9.17, 15) is 18.0 Å². The minimum atomic E-state index is -4.46. The van der Waals surface area contributed by atoms with Crippen molar-refractivity contribution in [3.05, 3.63) is 58.5 Å². The molecule has 0 spiro atoms. The smallest absolute Gasteiger partial charge is 0.290 e. The van der Waals surface area contributed by atoms with Gasteiger partial charge in [-0.2, -0.15) is 18.3 Å². The van der Waals surface area contributed by atoms with Crippen molar-refractivity contribution in [1.29, 1.82) is 0 Å². The van der Waals surface area contributed by atoms with E-state index in [1.165, 1.54) is 11.0 Å². The number of rotatable bonds is 3. The first kappa shape index (κ1) is 17.0. The highest BCUT2D eigenvalue weighted by molar-refractivity contribution is 9.10. The van der Waals surface area contributed by atoms with Gasteiger partial charge in [0.15, 0.2) is 0 Å². The van der Waals surface area contributed by atoms with Crippen molar-refractivity contribution in [2.45, 2.75) is 25.1 Å². The van der Waals surface area contributed by atoms with Crippen LogP contribution >= 0.6 is 15.9 Å². The van der Waals surface area contributed by atoms with Crippen molar-refractivity contribution in [3.8, 4) is 0 Å². The zero-order valence-electron chi connectivity index (χ0n) is 13.2. The van der Waals surface area contributed by atoms with Crippen LogP contribution in [0.1, 0.15) is 28.8 Å². The van der Waals surface area contributed by atoms with Crippen LogP contribution in [-0.4, -0.2) is 26.5 Å². The number of carbonyl (C=O) groups excluding carboxylic acids is 1. The Balaban J connectivity index is 1.69. The minimum Gasteiger partial charge on any atom is -0.290 e. The standard InChI is InChI=1S/C17H12BrF3N4O/c18-13-9-23-24-6-5-10(7-14(13)24)16(26)25(12-2-3-12)15-4-1-11(8-22-15)17(19,20)21/h1,4-9,12H,2-3H2. The van der Waals surface area contributed by atoms with Gasteiger partial charge in [-0.15, -0.1) is 0 Å². The quantitative estimate of drug-likeness (QED) is 0.628. The largest absolute Gasteiger partial charge is 0.417 e. The number of aromatic nitrogens is 3. The molecule has 1 aliphatic carbocycles. The molecule has 1 amide bonds. The summed E-state index contributed by atoms with van der Waals surface area (Å²) in [5, 5.41) is 4.13. The van der Waals surface area contributed by atoms with E-state index in [4.69, 9.17) is 0 Å². The molecule has 1 fully saturated rings. The first-order valence-electron chi connectivity index (χ1n) is 7.84. The maximum atomic E-state index is 13.0. The first-order valence-corrected chi connectivity index (χ1v) is 8.63. The fourth-order valence-electron chi connectivity index (χ4n) is 2.71. The van der Waals surface area contributed by atoms with Crippen LogP contribution in [0.4, 0.5) is 19.0 Å². The molecule has 3 aromatic heterocycles. The summed E-state index contributed by atoms with van der Waals surface area (Å²) < 4.78 is 40.6. The van der Waals surface area contributed by atoms with Crippen LogP contribution in [0.3, 0.4) is 0 Å². The van der Waals surface area contributed by atoms with Crippen LogP contribution < -0.4 is 4.90 Å². The van der Waals surface area contributed by atoms with Crippen molar-refractivity contribution in [2.75, 3.05) is 4.90 Å². The molecule has 4 rings (SSSR count). The van der Waals surface area contributed by atoms with Crippen LogP contribution in [0, 0.1) is 0 Å². The molecule has 26 heavy (non-hydrogen) atoms. The highest BCUT2D eigenvalue weighted by Crippen LogP contribution is 2.34. The van der Waals surface area contributed by atoms with Gasteiger partial charge in [-0.05, 0) is 53.0 Å². The Kier molecular flexibility index (Phi) is 3.98. The van der Waals surface area contributed by atoms with Gasteiger partial charge in [-0.3, -0.25) is 9.69 Å². The highest BCUT2D eigenvalue weighted by atomic mass is 79.9. The van der Waals surface area contributed by atoms with Gasteiger partial charge in [-0.25, -0.2) is 9.50 Å². The molecule has 1 saturated carbocycles. The molecule has 0 saturated heterocycles. The van der Waals surface area contributed by atoms with Gasteiger partial charge in [0, 0.05) is 24.0 Å². The molecule has 5 nitrogen and oxygen atoms in total. The summed E-state index contributed by atoms with van der Waals surface area (Å²) in [7, 11) is 0. The number of carbonyl (C=O) groups is 1. The lowest BCUT2D eigenvalue weighted by Gasteiger charge is -2.22. The molecular formula is C17H12BrF3N4O. The second-order valence-corrected chi connectivity index (χ2v) is 6.90. The summed E-state index contributed by atoms with van der Waals surface area (Å²) in [6.45, 7) is 0. The van der Waals surface area contributed by atoms with Gasteiger partial charge in [0.25, 0.3) is 5.91 Å². The van der Waals surface area contributed by atoms with E-state index in [1.807, 2.05) is 0 Å². The van der Waals surface area contributed by atoms with Gasteiger partial charge >= 0.3 is 6.18 Å². The SMILES string of the molecule is O=C(c1ccn2ncc(Br)c2c1)N(c1ccc(C(F)(F)F)cn1)C1CC1. The molecule has 0 N–H and O–H groups in total. The van der Waals surface area contributed by atoms with E-state index in [0.29, 0.717) is 5.56 Å². The monoisotopic (exact) mass is 424 g/mol. The van der Waals surface area contributed by atoms with Crippen molar-refractivity contribution in [2.24, 2.45) is 0 Å². The van der Waals surface area contributed by atoms with Crippen molar-refractivity contribution in [3.63, 3.8) is 0 Å². The second kappa shape index (κ2) is 6.08. The number of halogens is 4. The Morgan fingerprint density at radius 3 is 2.62 bits per heavy atom. The highest BCUT2D eigenvalue weighted by Gasteiger charge is 2.36. The number of amides is 1. The van der Waals surface area contributed by atoms with Gasteiger partial charge in [0.1, 0.15) is 5.82 Å². The van der Waals surface area contributed by atoms with Gasteiger partial charge in [-0.1, -0.05) is 0 Å². The summed E-state index contributed by atoms with van der Waals surface area (Å²) in [4.78, 5) is 18.4. The molecule has 0 aliphatic heterocycles. The number of alkyl halides is 3. The fraction of sp³-hybridized carbons (Fsp3) is 0.235. The number of hydrogen-bond acceptors (Lipinski definition) is 3. The molecule has 0 bridgehead atoms. The molecule has 0 atom stereocenters. The zero-order chi connectivity index (χ0) is 18.5. The van der Waals surface area contributed by atoms with E-state index >= 15 is 0 Å². The summed E-state index contributed by atoms with van der Waals surface area (Å²) >= 11 is 3.37. The normalized spacial score (nSPS) is 14.6. The zero-order valence-corrected chi connectivity index (χ0v) is 14.8. The Bertz CT molecular complexity index is 980. The first-order chi connectivity index (χ1) is 12.3. The van der Waals surface area contributed by atoms with Crippen molar-refractivity contribution in [1.82, 2.24) is 14.6 Å². The minimum absolute atomic E-state index is 0.0451. The Morgan fingerprint density at radius 1 is 1.23 bits per heavy atom. The summed E-state index contributed by atoms with van der Waals surface area (Å²) in [6.07, 6.45) is 1.19. The van der Waals surface area contributed by atoms with E-state index in [-0.39, 0.29) is 17.8 Å². The molecule has 0 unspecified atom stereocenters. The molecule has 0 aromatic carbocycles. The Hall–Kier alpha value is -2.42. The van der Waals surface area contributed by atoms with Crippen LogP contribution in [0.2, 0.25) is 0 Å². The lowest BCUT2D eigenvalue weighted by Crippen LogP contribution is -2.34. The molecule has 3 heterocycles. The molecular weight excluding hydrogens is 413 g/mol. The average molecular weight is 425 g/mol. The van der Waals surface area contributed by atoms with E-state index < -0.39 is 11.7 Å². The predicted octanol–water partition coefficient (Wildman–Crippen LogP) is 4.32. The molecule has 1 aliphatic rings. The number of anilines is 1. The third-order valence-electron chi connectivity index (χ3n) is 4.17. The van der Waals surface area contributed by atoms with Gasteiger partial charge in [0.2, 0.25) is 0 Å². The number of fused-ring (bicyclic) bond motifs is 1. The number of nitrogens with zero attached hydrogens (tertiary/aromatic N) is 4. The predicted molar refractivity (Wildman–Crippen MR) is 92.0 cm³/mol. The maximum absolute atomic E-state index is 13.0. The third kappa shape index (κ3) is 3.07. The maximum Gasteiger partial charge on any atom is 0.417 e. The number of hydrogen-bond donors (Lipinski definition) is 0. The second-order valence-electron chi connectivity index (χ2n) is 6.05. The summed E-state index contributed by atoms with van der Waals surface area (Å²) in [5.74, 6) is -0.0756. The Morgan fingerprint density at radius 2 is 2.00 bits per heavy atom. The summed E-state index contributed by atoms with van der Waals surface area (Å²) in [5.41, 5.74) is 0.313. The molecule has 134 valence electrons. The van der Waals surface area contributed by atoms with E-state index in [1.54, 1.807) is 29.0 Å². The van der Waals surface area contributed by atoms with Gasteiger partial charge in [0.05, 0.1) is 21.7 Å². The van der Waals surface area contributed by atoms with E-state index in [0.717, 1.165) is 35.1 Å². The van der Waals surface area contributed by atoms with Crippen molar-refractivity contribution < 1.29 is 18.0 Å². The average Bonchev–Trinajstić information content (AvgIpc) is 3.37. The molecule has 0 radical (unpaired) electrons. The van der Waals surface area contributed by atoms with Gasteiger partial charge < -0.3 is 0 Å². The summed E-state index contributed by atoms with van der Waals surface area (Å²) in [6, 6.07) is 5.47. The lowest BCUT2D eigenvalue weighted by molar-refractivity contribution is -0.137. The lowest BCUT2D eigenvalue weighted by atomic mass is 10.2. The number of pyridine rings is 2. The van der Waals surface area contributed by atoms with Crippen LogP contribution in [-0.2, 0) is 6.18 Å².